The maximum Gasteiger partial charge on any atom is 0.245 e. The standard InChI is InChI=1S/C8H10ClFN2O2S/c1-12(2)15(13,14)7-4-5(9)3-6(11)8(7)10/h3-4H,11H2,1-2H3. The van der Waals surface area contributed by atoms with E-state index < -0.39 is 20.7 Å². The third kappa shape index (κ3) is 2.22. The Bertz CT molecular complexity index is 488. The van der Waals surface area contributed by atoms with Gasteiger partial charge in [-0.1, -0.05) is 11.6 Å². The van der Waals surface area contributed by atoms with Gasteiger partial charge in [0, 0.05) is 19.1 Å². The monoisotopic (exact) mass is 252 g/mol. The maximum absolute atomic E-state index is 13.4. The first-order valence-electron chi connectivity index (χ1n) is 3.94. The summed E-state index contributed by atoms with van der Waals surface area (Å²) in [7, 11) is -1.26. The second kappa shape index (κ2) is 3.96. The van der Waals surface area contributed by atoms with Crippen molar-refractivity contribution in [3.05, 3.63) is 23.0 Å². The molecule has 1 aromatic rings. The van der Waals surface area contributed by atoms with E-state index in [1.54, 1.807) is 0 Å². The smallest absolute Gasteiger partial charge is 0.245 e. The fourth-order valence-electron chi connectivity index (χ4n) is 0.969. The average molecular weight is 253 g/mol. The SMILES string of the molecule is CN(C)S(=O)(=O)c1cc(Cl)cc(N)c1F. The third-order valence-corrected chi connectivity index (χ3v) is 3.82. The zero-order valence-corrected chi connectivity index (χ0v) is 9.73. The first kappa shape index (κ1) is 12.2. The lowest BCUT2D eigenvalue weighted by atomic mass is 10.3. The van der Waals surface area contributed by atoms with Crippen LogP contribution in [0.4, 0.5) is 10.1 Å². The predicted octanol–water partition coefficient (Wildman–Crippen LogP) is 1.31. The molecule has 0 aliphatic heterocycles. The van der Waals surface area contributed by atoms with Gasteiger partial charge in [-0.2, -0.15) is 0 Å². The number of nitrogens with zero attached hydrogens (tertiary/aromatic N) is 1. The highest BCUT2D eigenvalue weighted by atomic mass is 35.5. The summed E-state index contributed by atoms with van der Waals surface area (Å²) in [6.45, 7) is 0. The van der Waals surface area contributed by atoms with E-state index in [0.717, 1.165) is 16.4 Å². The van der Waals surface area contributed by atoms with Crippen molar-refractivity contribution in [2.45, 2.75) is 4.90 Å². The number of anilines is 1. The van der Waals surface area contributed by atoms with Crippen LogP contribution in [0.15, 0.2) is 17.0 Å². The highest BCUT2D eigenvalue weighted by Crippen LogP contribution is 2.26. The Morgan fingerprint density at radius 3 is 2.40 bits per heavy atom. The van der Waals surface area contributed by atoms with Crippen LogP contribution >= 0.6 is 11.6 Å². The van der Waals surface area contributed by atoms with Gasteiger partial charge in [0.05, 0.1) is 5.69 Å². The summed E-state index contributed by atoms with van der Waals surface area (Å²) in [5.41, 5.74) is 4.99. The van der Waals surface area contributed by atoms with Crippen LogP contribution in [-0.2, 0) is 10.0 Å². The molecule has 84 valence electrons. The second-order valence-corrected chi connectivity index (χ2v) is 5.65. The number of sulfonamides is 1. The molecule has 0 fully saturated rings. The highest BCUT2D eigenvalue weighted by molar-refractivity contribution is 7.89. The summed E-state index contributed by atoms with van der Waals surface area (Å²) in [4.78, 5) is -0.516. The van der Waals surface area contributed by atoms with Gasteiger partial charge in [-0.05, 0) is 12.1 Å². The lowest BCUT2D eigenvalue weighted by Crippen LogP contribution is -2.23. The Balaban J connectivity index is 3.52. The molecule has 0 bridgehead atoms. The molecule has 15 heavy (non-hydrogen) atoms. The molecule has 2 N–H and O–H groups in total. The molecule has 0 spiro atoms. The van der Waals surface area contributed by atoms with Gasteiger partial charge in [-0.15, -0.1) is 0 Å². The average Bonchev–Trinajstić information content (AvgIpc) is 2.10. The van der Waals surface area contributed by atoms with Crippen LogP contribution in [0.5, 0.6) is 0 Å². The molecule has 0 radical (unpaired) electrons. The molecular formula is C8H10ClFN2O2S. The Kier molecular flexibility index (Phi) is 3.22. The van der Waals surface area contributed by atoms with Gasteiger partial charge in [-0.25, -0.2) is 17.1 Å². The topological polar surface area (TPSA) is 63.4 Å². The van der Waals surface area contributed by atoms with E-state index in [-0.39, 0.29) is 10.7 Å². The summed E-state index contributed by atoms with van der Waals surface area (Å²) in [5, 5.41) is 0.0781. The van der Waals surface area contributed by atoms with Gasteiger partial charge >= 0.3 is 0 Å². The highest BCUT2D eigenvalue weighted by Gasteiger charge is 2.23. The zero-order valence-electron chi connectivity index (χ0n) is 8.16. The largest absolute Gasteiger partial charge is 0.396 e. The third-order valence-electron chi connectivity index (χ3n) is 1.79. The van der Waals surface area contributed by atoms with Crippen LogP contribution in [-0.4, -0.2) is 26.8 Å². The number of hydrogen-bond donors (Lipinski definition) is 1. The molecular weight excluding hydrogens is 243 g/mol. The predicted molar refractivity (Wildman–Crippen MR) is 56.7 cm³/mol. The molecule has 0 saturated carbocycles. The van der Waals surface area contributed by atoms with Gasteiger partial charge < -0.3 is 5.73 Å². The fourth-order valence-corrected chi connectivity index (χ4v) is 2.27. The van der Waals surface area contributed by atoms with E-state index in [1.807, 2.05) is 0 Å². The first-order chi connectivity index (χ1) is 6.76. The fraction of sp³-hybridized carbons (Fsp3) is 0.250. The van der Waals surface area contributed by atoms with Crippen LogP contribution in [0.2, 0.25) is 5.02 Å². The number of nitrogen functional groups attached to an aromatic ring is 1. The Labute approximate surface area is 92.5 Å². The van der Waals surface area contributed by atoms with Gasteiger partial charge in [0.15, 0.2) is 5.82 Å². The lowest BCUT2D eigenvalue weighted by molar-refractivity contribution is 0.508. The summed E-state index contributed by atoms with van der Waals surface area (Å²) >= 11 is 5.60. The quantitative estimate of drug-likeness (QED) is 0.808. The van der Waals surface area contributed by atoms with E-state index in [0.29, 0.717) is 0 Å². The van der Waals surface area contributed by atoms with E-state index >= 15 is 0 Å². The minimum atomic E-state index is -3.86. The van der Waals surface area contributed by atoms with Gasteiger partial charge in [0.2, 0.25) is 10.0 Å². The van der Waals surface area contributed by atoms with Crippen LogP contribution in [0.25, 0.3) is 0 Å². The summed E-state index contributed by atoms with van der Waals surface area (Å²) in [6, 6.07) is 2.19. The second-order valence-electron chi connectivity index (χ2n) is 3.09. The van der Waals surface area contributed by atoms with Crippen molar-refractivity contribution in [3.63, 3.8) is 0 Å². The van der Waals surface area contributed by atoms with E-state index in [1.165, 1.54) is 14.1 Å². The van der Waals surface area contributed by atoms with Crippen LogP contribution in [0.1, 0.15) is 0 Å². The zero-order chi connectivity index (χ0) is 11.8. The molecule has 0 aromatic heterocycles. The van der Waals surface area contributed by atoms with E-state index in [2.05, 4.69) is 0 Å². The molecule has 0 aliphatic rings. The van der Waals surface area contributed by atoms with Crippen LogP contribution in [0.3, 0.4) is 0 Å². The van der Waals surface area contributed by atoms with Crippen molar-refractivity contribution in [1.82, 2.24) is 4.31 Å². The Hall–Kier alpha value is -0.850. The molecule has 1 aromatic carbocycles. The molecule has 0 heterocycles. The normalized spacial score (nSPS) is 12.1. The van der Waals surface area contributed by atoms with Crippen LogP contribution in [0, 0.1) is 5.82 Å². The molecule has 0 saturated heterocycles. The van der Waals surface area contributed by atoms with Crippen molar-refractivity contribution in [1.29, 1.82) is 0 Å². The molecule has 0 unspecified atom stereocenters. The van der Waals surface area contributed by atoms with Gasteiger partial charge in [0.1, 0.15) is 4.90 Å². The first-order valence-corrected chi connectivity index (χ1v) is 5.75. The molecule has 1 rings (SSSR count). The van der Waals surface area contributed by atoms with E-state index in [4.69, 9.17) is 17.3 Å². The Morgan fingerprint density at radius 2 is 1.93 bits per heavy atom. The molecule has 4 nitrogen and oxygen atoms in total. The minimum Gasteiger partial charge on any atom is -0.396 e. The summed E-state index contributed by atoms with van der Waals surface area (Å²) in [6.07, 6.45) is 0. The van der Waals surface area contributed by atoms with E-state index in [9.17, 15) is 12.8 Å². The summed E-state index contributed by atoms with van der Waals surface area (Å²) in [5.74, 6) is -0.979. The molecule has 0 aliphatic carbocycles. The van der Waals surface area contributed by atoms with Gasteiger partial charge in [0.25, 0.3) is 0 Å². The summed E-state index contributed by atoms with van der Waals surface area (Å²) < 4.78 is 37.6. The minimum absolute atomic E-state index is 0.0781. The van der Waals surface area contributed by atoms with Crippen molar-refractivity contribution < 1.29 is 12.8 Å². The van der Waals surface area contributed by atoms with Crippen molar-refractivity contribution in [2.24, 2.45) is 0 Å². The van der Waals surface area contributed by atoms with Crippen molar-refractivity contribution >= 4 is 27.3 Å². The van der Waals surface area contributed by atoms with Gasteiger partial charge in [-0.3, -0.25) is 0 Å². The number of halogens is 2. The number of benzene rings is 1. The number of rotatable bonds is 2. The Morgan fingerprint density at radius 1 is 1.40 bits per heavy atom. The molecule has 7 heteroatoms. The van der Waals surface area contributed by atoms with Crippen molar-refractivity contribution in [3.8, 4) is 0 Å². The maximum atomic E-state index is 13.4. The van der Waals surface area contributed by atoms with Crippen LogP contribution < -0.4 is 5.73 Å². The van der Waals surface area contributed by atoms with Crippen molar-refractivity contribution in [2.75, 3.05) is 19.8 Å². The number of hydrogen-bond acceptors (Lipinski definition) is 3. The lowest BCUT2D eigenvalue weighted by Gasteiger charge is -2.13. The number of nitrogens with two attached hydrogens (primary N) is 1. The molecule has 0 atom stereocenters. The molecule has 0 amide bonds.